The monoisotopic (exact) mass is 181 g/mol. The number of thioether (sulfide) groups is 1. The van der Waals surface area contributed by atoms with E-state index in [0.717, 1.165) is 5.75 Å². The zero-order valence-corrected chi connectivity index (χ0v) is 8.00. The molecule has 0 bridgehead atoms. The van der Waals surface area contributed by atoms with Crippen LogP contribution in [0.15, 0.2) is 0 Å². The molecule has 0 aromatic heterocycles. The Morgan fingerprint density at radius 3 is 2.60 bits per heavy atom. The van der Waals surface area contributed by atoms with Crippen molar-refractivity contribution in [2.24, 2.45) is 0 Å². The molecule has 1 unspecified atom stereocenters. The Hall–Kier alpha value is 0.110. The number of carbonyl (C=O) groups excluding carboxylic acids is 1. The minimum absolute atomic E-state index is 0.176. The number of rotatable bonds is 3. The molecule has 2 nitrogen and oxygen atoms in total. The van der Waals surface area contributed by atoms with E-state index in [2.05, 4.69) is 0 Å². The van der Waals surface area contributed by atoms with Crippen molar-refractivity contribution in [2.45, 2.75) is 19.2 Å². The van der Waals surface area contributed by atoms with Gasteiger partial charge in [-0.1, -0.05) is 6.92 Å². The standard InChI is InChI=1S/C6H12ClNOS/c1-4-10-5(2)8(3)6(7)9/h5H,4H2,1-3H3. The molecule has 1 amide bonds. The molecule has 0 N–H and O–H groups in total. The Balaban J connectivity index is 3.69. The minimum atomic E-state index is -0.395. The molecule has 0 aliphatic carbocycles. The summed E-state index contributed by atoms with van der Waals surface area (Å²) in [5.74, 6) is 0.996. The van der Waals surface area contributed by atoms with Crippen molar-refractivity contribution in [3.05, 3.63) is 0 Å². The van der Waals surface area contributed by atoms with Crippen LogP contribution < -0.4 is 0 Å². The zero-order valence-electron chi connectivity index (χ0n) is 6.43. The first kappa shape index (κ1) is 10.1. The van der Waals surface area contributed by atoms with Gasteiger partial charge in [-0.3, -0.25) is 4.79 Å². The number of nitrogens with zero attached hydrogens (tertiary/aromatic N) is 1. The molecule has 4 heteroatoms. The van der Waals surface area contributed by atoms with Crippen LogP contribution >= 0.6 is 23.4 Å². The fourth-order valence-corrected chi connectivity index (χ4v) is 1.50. The van der Waals surface area contributed by atoms with Crippen molar-refractivity contribution in [1.82, 2.24) is 4.90 Å². The van der Waals surface area contributed by atoms with Gasteiger partial charge in [-0.15, -0.1) is 11.8 Å². The largest absolute Gasteiger partial charge is 0.321 e. The SMILES string of the molecule is CCSC(C)N(C)C(=O)Cl. The van der Waals surface area contributed by atoms with Gasteiger partial charge in [0.05, 0.1) is 5.37 Å². The van der Waals surface area contributed by atoms with Gasteiger partial charge < -0.3 is 4.90 Å². The summed E-state index contributed by atoms with van der Waals surface area (Å²) in [6.07, 6.45) is 0. The molecule has 0 saturated heterocycles. The molecule has 0 heterocycles. The lowest BCUT2D eigenvalue weighted by atomic mass is 10.7. The third-order valence-electron chi connectivity index (χ3n) is 1.23. The number of halogens is 1. The van der Waals surface area contributed by atoms with E-state index in [1.807, 2.05) is 13.8 Å². The summed E-state index contributed by atoms with van der Waals surface area (Å²) >= 11 is 6.92. The van der Waals surface area contributed by atoms with Gasteiger partial charge >= 0.3 is 5.37 Å². The first-order valence-corrected chi connectivity index (χ1v) is 4.56. The maximum absolute atomic E-state index is 10.5. The Labute approximate surface area is 70.9 Å². The molecule has 10 heavy (non-hydrogen) atoms. The van der Waals surface area contributed by atoms with E-state index in [0.29, 0.717) is 0 Å². The molecule has 60 valence electrons. The van der Waals surface area contributed by atoms with Gasteiger partial charge in [-0.2, -0.15) is 0 Å². The fraction of sp³-hybridized carbons (Fsp3) is 0.833. The molecule has 0 saturated carbocycles. The van der Waals surface area contributed by atoms with Crippen LogP contribution in [0.4, 0.5) is 4.79 Å². The molecule has 0 aliphatic rings. The second-order valence-electron chi connectivity index (χ2n) is 1.92. The molecular formula is C6H12ClNOS. The zero-order chi connectivity index (χ0) is 8.15. The summed E-state index contributed by atoms with van der Waals surface area (Å²) in [7, 11) is 1.70. The van der Waals surface area contributed by atoms with E-state index in [4.69, 9.17) is 11.6 Å². The van der Waals surface area contributed by atoms with Gasteiger partial charge in [-0.25, -0.2) is 0 Å². The summed E-state index contributed by atoms with van der Waals surface area (Å²) in [5, 5.41) is -0.219. The van der Waals surface area contributed by atoms with Crippen molar-refractivity contribution in [3.8, 4) is 0 Å². The van der Waals surface area contributed by atoms with Crippen LogP contribution in [0.3, 0.4) is 0 Å². The predicted octanol–water partition coefficient (Wildman–Crippen LogP) is 2.38. The number of carbonyl (C=O) groups is 1. The van der Waals surface area contributed by atoms with Crippen molar-refractivity contribution >= 4 is 28.7 Å². The molecule has 0 rings (SSSR count). The van der Waals surface area contributed by atoms with Crippen molar-refractivity contribution < 1.29 is 4.79 Å². The van der Waals surface area contributed by atoms with Crippen molar-refractivity contribution in [1.29, 1.82) is 0 Å². The lowest BCUT2D eigenvalue weighted by molar-refractivity contribution is 0.231. The van der Waals surface area contributed by atoms with E-state index in [9.17, 15) is 4.79 Å². The maximum Gasteiger partial charge on any atom is 0.317 e. The average Bonchev–Trinajstić information content (AvgIpc) is 1.87. The molecule has 0 aliphatic heterocycles. The number of hydrogen-bond acceptors (Lipinski definition) is 2. The molecule has 0 aromatic rings. The average molecular weight is 182 g/mol. The van der Waals surface area contributed by atoms with Gasteiger partial charge in [0, 0.05) is 7.05 Å². The highest BCUT2D eigenvalue weighted by Crippen LogP contribution is 2.14. The lowest BCUT2D eigenvalue weighted by Gasteiger charge is -2.20. The third-order valence-corrected chi connectivity index (χ3v) is 2.63. The van der Waals surface area contributed by atoms with Crippen LogP contribution in [-0.4, -0.2) is 28.4 Å². The number of amides is 1. The van der Waals surface area contributed by atoms with Crippen LogP contribution in [0.2, 0.25) is 0 Å². The molecular weight excluding hydrogens is 170 g/mol. The van der Waals surface area contributed by atoms with Gasteiger partial charge in [0.2, 0.25) is 0 Å². The lowest BCUT2D eigenvalue weighted by Crippen LogP contribution is -2.28. The Bertz CT molecular complexity index is 120. The van der Waals surface area contributed by atoms with Crippen LogP contribution in [-0.2, 0) is 0 Å². The summed E-state index contributed by atoms with van der Waals surface area (Å²) < 4.78 is 0. The van der Waals surface area contributed by atoms with E-state index < -0.39 is 5.37 Å². The molecule has 0 fully saturated rings. The maximum atomic E-state index is 10.5. The molecule has 0 radical (unpaired) electrons. The molecule has 0 spiro atoms. The molecule has 1 atom stereocenters. The van der Waals surface area contributed by atoms with Gasteiger partial charge in [0.25, 0.3) is 0 Å². The summed E-state index contributed by atoms with van der Waals surface area (Å²) in [5.41, 5.74) is 0. The fourth-order valence-electron chi connectivity index (χ4n) is 0.496. The van der Waals surface area contributed by atoms with Crippen LogP contribution in [0, 0.1) is 0 Å². The van der Waals surface area contributed by atoms with E-state index >= 15 is 0 Å². The van der Waals surface area contributed by atoms with Crippen molar-refractivity contribution in [2.75, 3.05) is 12.8 Å². The van der Waals surface area contributed by atoms with Gasteiger partial charge in [0.15, 0.2) is 0 Å². The Kier molecular flexibility index (Phi) is 4.91. The Morgan fingerprint density at radius 1 is 1.80 bits per heavy atom. The summed E-state index contributed by atoms with van der Waals surface area (Å²) in [6, 6.07) is 0. The quantitative estimate of drug-likeness (QED) is 0.379. The van der Waals surface area contributed by atoms with Crippen LogP contribution in [0.5, 0.6) is 0 Å². The van der Waals surface area contributed by atoms with Gasteiger partial charge in [0.1, 0.15) is 0 Å². The predicted molar refractivity (Wildman–Crippen MR) is 46.6 cm³/mol. The van der Waals surface area contributed by atoms with E-state index in [1.165, 1.54) is 4.90 Å². The highest BCUT2D eigenvalue weighted by atomic mass is 35.5. The Morgan fingerprint density at radius 2 is 2.30 bits per heavy atom. The first-order valence-electron chi connectivity index (χ1n) is 3.13. The van der Waals surface area contributed by atoms with Crippen LogP contribution in [0.1, 0.15) is 13.8 Å². The first-order chi connectivity index (χ1) is 4.59. The summed E-state index contributed by atoms with van der Waals surface area (Å²) in [6.45, 7) is 4.00. The number of hydrogen-bond donors (Lipinski definition) is 0. The summed E-state index contributed by atoms with van der Waals surface area (Å²) in [4.78, 5) is 12.0. The van der Waals surface area contributed by atoms with Crippen LogP contribution in [0.25, 0.3) is 0 Å². The second kappa shape index (κ2) is 4.85. The van der Waals surface area contributed by atoms with E-state index in [1.54, 1.807) is 18.8 Å². The van der Waals surface area contributed by atoms with Crippen molar-refractivity contribution in [3.63, 3.8) is 0 Å². The van der Waals surface area contributed by atoms with E-state index in [-0.39, 0.29) is 5.37 Å². The highest BCUT2D eigenvalue weighted by molar-refractivity contribution is 7.99. The minimum Gasteiger partial charge on any atom is -0.321 e. The van der Waals surface area contributed by atoms with Gasteiger partial charge in [-0.05, 0) is 24.3 Å². The normalized spacial score (nSPS) is 12.8. The molecule has 0 aromatic carbocycles. The second-order valence-corrected chi connectivity index (χ2v) is 3.83. The third kappa shape index (κ3) is 3.32. The topological polar surface area (TPSA) is 20.3 Å². The smallest absolute Gasteiger partial charge is 0.317 e. The highest BCUT2D eigenvalue weighted by Gasteiger charge is 2.11.